The van der Waals surface area contributed by atoms with E-state index in [9.17, 15) is 18.0 Å². The van der Waals surface area contributed by atoms with Gasteiger partial charge in [-0.25, -0.2) is 17.9 Å². The topological polar surface area (TPSA) is 122 Å². The van der Waals surface area contributed by atoms with Gasteiger partial charge < -0.3 is 15.2 Å². The first-order valence-corrected chi connectivity index (χ1v) is 8.79. The van der Waals surface area contributed by atoms with E-state index in [4.69, 9.17) is 9.84 Å². The maximum Gasteiger partial charge on any atom is 0.326 e. The zero-order chi connectivity index (χ0) is 18.3. The molecule has 0 saturated heterocycles. The first-order chi connectivity index (χ1) is 11.2. The molecule has 0 heterocycles. The summed E-state index contributed by atoms with van der Waals surface area (Å²) in [5, 5.41) is 11.5. The standard InChI is InChI=1S/C15H22N2O6S/c1-10(2)13(15(19)20)17-14(18)11-5-4-6-12(9-11)24(21,22)16-7-8-23-3/h4-6,9-10,13,16H,7-8H2,1-3H3,(H,17,18)(H,19,20)/t13-/m0/s1. The summed E-state index contributed by atoms with van der Waals surface area (Å²) in [6, 6.07) is 4.33. The molecule has 0 saturated carbocycles. The zero-order valence-electron chi connectivity index (χ0n) is 13.8. The summed E-state index contributed by atoms with van der Waals surface area (Å²) in [6.45, 7) is 3.65. The van der Waals surface area contributed by atoms with Gasteiger partial charge in [0.25, 0.3) is 5.91 Å². The molecule has 0 fully saturated rings. The van der Waals surface area contributed by atoms with Crippen molar-refractivity contribution in [2.75, 3.05) is 20.3 Å². The van der Waals surface area contributed by atoms with Crippen molar-refractivity contribution >= 4 is 21.9 Å². The number of carbonyl (C=O) groups excluding carboxylic acids is 1. The van der Waals surface area contributed by atoms with Crippen LogP contribution in [0.5, 0.6) is 0 Å². The third-order valence-electron chi connectivity index (χ3n) is 3.22. The lowest BCUT2D eigenvalue weighted by Crippen LogP contribution is -2.44. The van der Waals surface area contributed by atoms with Crippen LogP contribution in [0.4, 0.5) is 0 Å². The number of methoxy groups -OCH3 is 1. The average Bonchev–Trinajstić information content (AvgIpc) is 2.52. The number of ether oxygens (including phenoxy) is 1. The number of hydrogen-bond acceptors (Lipinski definition) is 5. The Hall–Kier alpha value is -1.97. The molecule has 0 aromatic heterocycles. The Labute approximate surface area is 141 Å². The van der Waals surface area contributed by atoms with Crippen molar-refractivity contribution in [1.29, 1.82) is 0 Å². The van der Waals surface area contributed by atoms with E-state index in [1.807, 2.05) is 0 Å². The summed E-state index contributed by atoms with van der Waals surface area (Å²) in [7, 11) is -2.32. The molecule has 0 radical (unpaired) electrons. The third-order valence-corrected chi connectivity index (χ3v) is 4.68. The molecule has 134 valence electrons. The van der Waals surface area contributed by atoms with E-state index in [2.05, 4.69) is 10.0 Å². The molecule has 0 unspecified atom stereocenters. The van der Waals surface area contributed by atoms with Gasteiger partial charge in [-0.1, -0.05) is 19.9 Å². The molecule has 3 N–H and O–H groups in total. The molecule has 0 spiro atoms. The molecule has 0 aliphatic rings. The lowest BCUT2D eigenvalue weighted by molar-refractivity contribution is -0.140. The molecule has 24 heavy (non-hydrogen) atoms. The van der Waals surface area contributed by atoms with Gasteiger partial charge >= 0.3 is 5.97 Å². The van der Waals surface area contributed by atoms with Crippen LogP contribution in [0.25, 0.3) is 0 Å². The number of carboxylic acids is 1. The number of amides is 1. The highest BCUT2D eigenvalue weighted by molar-refractivity contribution is 7.89. The summed E-state index contributed by atoms with van der Waals surface area (Å²) >= 11 is 0. The Kier molecular flexibility index (Phi) is 7.33. The molecule has 1 atom stereocenters. The van der Waals surface area contributed by atoms with E-state index in [-0.39, 0.29) is 29.5 Å². The largest absolute Gasteiger partial charge is 0.480 e. The van der Waals surface area contributed by atoms with Gasteiger partial charge in [-0.05, 0) is 24.1 Å². The van der Waals surface area contributed by atoms with Crippen molar-refractivity contribution in [1.82, 2.24) is 10.0 Å². The third kappa shape index (κ3) is 5.59. The molecule has 8 nitrogen and oxygen atoms in total. The van der Waals surface area contributed by atoms with E-state index in [0.717, 1.165) is 0 Å². The highest BCUT2D eigenvalue weighted by Gasteiger charge is 2.24. The van der Waals surface area contributed by atoms with Crippen molar-refractivity contribution in [2.24, 2.45) is 5.92 Å². The first-order valence-electron chi connectivity index (χ1n) is 7.31. The Morgan fingerprint density at radius 3 is 2.50 bits per heavy atom. The fourth-order valence-corrected chi connectivity index (χ4v) is 2.96. The van der Waals surface area contributed by atoms with Gasteiger partial charge in [0.2, 0.25) is 10.0 Å². The number of rotatable bonds is 9. The molecule has 1 aromatic rings. The van der Waals surface area contributed by atoms with Gasteiger partial charge in [0.15, 0.2) is 0 Å². The van der Waals surface area contributed by atoms with Crippen LogP contribution in [0.3, 0.4) is 0 Å². The molecular formula is C15H22N2O6S. The van der Waals surface area contributed by atoms with E-state index in [1.54, 1.807) is 13.8 Å². The monoisotopic (exact) mass is 358 g/mol. The normalized spacial score (nSPS) is 12.8. The number of sulfonamides is 1. The van der Waals surface area contributed by atoms with Crippen LogP contribution >= 0.6 is 0 Å². The first kappa shape index (κ1) is 20.1. The smallest absolute Gasteiger partial charge is 0.326 e. The van der Waals surface area contributed by atoms with E-state index in [0.29, 0.717) is 0 Å². The van der Waals surface area contributed by atoms with Gasteiger partial charge in [-0.15, -0.1) is 0 Å². The lowest BCUT2D eigenvalue weighted by Gasteiger charge is -2.18. The van der Waals surface area contributed by atoms with E-state index < -0.39 is 27.9 Å². The van der Waals surface area contributed by atoms with Crippen LogP contribution in [-0.2, 0) is 19.6 Å². The summed E-state index contributed by atoms with van der Waals surface area (Å²) in [5.74, 6) is -2.11. The fourth-order valence-electron chi connectivity index (χ4n) is 1.90. The second-order valence-electron chi connectivity index (χ2n) is 5.45. The van der Waals surface area contributed by atoms with Crippen molar-refractivity contribution in [3.8, 4) is 0 Å². The SMILES string of the molecule is COCCNS(=O)(=O)c1cccc(C(=O)N[C@H](C(=O)O)C(C)C)c1. The molecule has 1 amide bonds. The van der Waals surface area contributed by atoms with Crippen LogP contribution < -0.4 is 10.0 Å². The fraction of sp³-hybridized carbons (Fsp3) is 0.467. The minimum absolute atomic E-state index is 0.0662. The van der Waals surface area contributed by atoms with Crippen molar-refractivity contribution < 1.29 is 27.9 Å². The van der Waals surface area contributed by atoms with Gasteiger partial charge in [-0.2, -0.15) is 0 Å². The van der Waals surface area contributed by atoms with Crippen LogP contribution in [0.1, 0.15) is 24.2 Å². The van der Waals surface area contributed by atoms with Crippen LogP contribution in [0.15, 0.2) is 29.2 Å². The molecule has 0 aliphatic carbocycles. The Balaban J connectivity index is 2.95. The molecule has 0 bridgehead atoms. The summed E-state index contributed by atoms with van der Waals surface area (Å²) in [4.78, 5) is 23.3. The molecule has 1 rings (SSSR count). The number of hydrogen-bond donors (Lipinski definition) is 3. The number of nitrogens with one attached hydrogen (secondary N) is 2. The van der Waals surface area contributed by atoms with Gasteiger partial charge in [0.05, 0.1) is 11.5 Å². The van der Waals surface area contributed by atoms with Gasteiger partial charge in [0.1, 0.15) is 6.04 Å². The van der Waals surface area contributed by atoms with Crippen molar-refractivity contribution in [3.63, 3.8) is 0 Å². The average molecular weight is 358 g/mol. The Bertz CT molecular complexity index is 687. The predicted octanol–water partition coefficient (Wildman–Crippen LogP) is 0.450. The molecule has 0 aliphatic heterocycles. The molecule has 1 aromatic carbocycles. The lowest BCUT2D eigenvalue weighted by atomic mass is 10.0. The maximum atomic E-state index is 12.2. The van der Waals surface area contributed by atoms with Crippen LogP contribution in [0.2, 0.25) is 0 Å². The Morgan fingerprint density at radius 2 is 1.96 bits per heavy atom. The summed E-state index contributed by atoms with van der Waals surface area (Å²) in [6.07, 6.45) is 0. The van der Waals surface area contributed by atoms with Crippen LogP contribution in [0, 0.1) is 5.92 Å². The second-order valence-corrected chi connectivity index (χ2v) is 7.22. The minimum Gasteiger partial charge on any atom is -0.480 e. The van der Waals surface area contributed by atoms with Crippen molar-refractivity contribution in [2.45, 2.75) is 24.8 Å². The van der Waals surface area contributed by atoms with E-state index >= 15 is 0 Å². The van der Waals surface area contributed by atoms with Gasteiger partial charge in [0, 0.05) is 19.2 Å². The summed E-state index contributed by atoms with van der Waals surface area (Å²) < 4.78 is 31.4. The number of carbonyl (C=O) groups is 2. The quantitative estimate of drug-likeness (QED) is 0.551. The molecular weight excluding hydrogens is 336 g/mol. The number of aliphatic carboxylic acids is 1. The number of benzene rings is 1. The summed E-state index contributed by atoms with van der Waals surface area (Å²) in [5.41, 5.74) is 0.0662. The molecule has 9 heteroatoms. The van der Waals surface area contributed by atoms with E-state index in [1.165, 1.54) is 31.4 Å². The highest BCUT2D eigenvalue weighted by atomic mass is 32.2. The predicted molar refractivity (Wildman–Crippen MR) is 87.2 cm³/mol. The minimum atomic E-state index is -3.78. The zero-order valence-corrected chi connectivity index (χ0v) is 14.6. The van der Waals surface area contributed by atoms with Crippen LogP contribution in [-0.4, -0.2) is 51.7 Å². The highest BCUT2D eigenvalue weighted by Crippen LogP contribution is 2.12. The van der Waals surface area contributed by atoms with Crippen molar-refractivity contribution in [3.05, 3.63) is 29.8 Å². The second kappa shape index (κ2) is 8.76. The maximum absolute atomic E-state index is 12.2. The van der Waals surface area contributed by atoms with Gasteiger partial charge in [-0.3, -0.25) is 4.79 Å². The number of carboxylic acid groups (broad SMARTS) is 1. The Morgan fingerprint density at radius 1 is 1.29 bits per heavy atom.